The summed E-state index contributed by atoms with van der Waals surface area (Å²) in [4.78, 5) is 15.3. The van der Waals surface area contributed by atoms with Gasteiger partial charge in [0, 0.05) is 24.4 Å². The van der Waals surface area contributed by atoms with Gasteiger partial charge in [-0.25, -0.2) is 4.98 Å². The van der Waals surface area contributed by atoms with Gasteiger partial charge in [0.15, 0.2) is 5.78 Å². The van der Waals surface area contributed by atoms with Gasteiger partial charge >= 0.3 is 0 Å². The number of aryl methyl sites for hydroxylation is 1. The lowest BCUT2D eigenvalue weighted by molar-refractivity contribution is 0.101. The highest BCUT2D eigenvalue weighted by Crippen LogP contribution is 2.17. The van der Waals surface area contributed by atoms with E-state index in [2.05, 4.69) is 4.98 Å². The van der Waals surface area contributed by atoms with Crippen LogP contribution < -0.4 is 0 Å². The number of hydrogen-bond donors (Lipinski definition) is 0. The number of Topliss-reactive ketones (excluding diaryl/α,β-unsaturated/α-hetero) is 1. The second-order valence-electron chi connectivity index (χ2n) is 3.56. The Bertz CT molecular complexity index is 483. The van der Waals surface area contributed by atoms with E-state index in [4.69, 9.17) is 0 Å². The predicted molar refractivity (Wildman–Crippen MR) is 58.6 cm³/mol. The Labute approximate surface area is 88.4 Å². The second kappa shape index (κ2) is 3.69. The van der Waals surface area contributed by atoms with E-state index in [0.717, 1.165) is 16.8 Å². The SMILES string of the molecule is CC(=O)c1ccc(-c2cn(C)cn2)cc1. The van der Waals surface area contributed by atoms with Crippen LogP contribution in [0.25, 0.3) is 11.3 Å². The fraction of sp³-hybridized carbons (Fsp3) is 0.167. The third-order valence-corrected chi connectivity index (χ3v) is 2.29. The molecule has 0 aliphatic carbocycles. The van der Waals surface area contributed by atoms with E-state index in [0.29, 0.717) is 0 Å². The smallest absolute Gasteiger partial charge is 0.159 e. The molecule has 0 saturated carbocycles. The van der Waals surface area contributed by atoms with Crippen LogP contribution in [0, 0.1) is 0 Å². The van der Waals surface area contributed by atoms with Crippen LogP contribution in [0.15, 0.2) is 36.8 Å². The maximum Gasteiger partial charge on any atom is 0.159 e. The third-order valence-electron chi connectivity index (χ3n) is 2.29. The quantitative estimate of drug-likeness (QED) is 0.697. The van der Waals surface area contributed by atoms with Crippen LogP contribution >= 0.6 is 0 Å². The lowest BCUT2D eigenvalue weighted by Crippen LogP contribution is -1.90. The van der Waals surface area contributed by atoms with Gasteiger partial charge in [0.2, 0.25) is 0 Å². The highest BCUT2D eigenvalue weighted by molar-refractivity contribution is 5.94. The van der Waals surface area contributed by atoms with Gasteiger partial charge in [-0.3, -0.25) is 4.79 Å². The van der Waals surface area contributed by atoms with Crippen LogP contribution in [0.3, 0.4) is 0 Å². The average molecular weight is 200 g/mol. The van der Waals surface area contributed by atoms with Gasteiger partial charge in [-0.05, 0) is 6.92 Å². The van der Waals surface area contributed by atoms with Crippen LogP contribution in [-0.4, -0.2) is 15.3 Å². The van der Waals surface area contributed by atoms with Crippen LogP contribution in [0.2, 0.25) is 0 Å². The molecule has 0 bridgehead atoms. The molecule has 0 unspecified atom stereocenters. The van der Waals surface area contributed by atoms with Gasteiger partial charge in [-0.15, -0.1) is 0 Å². The summed E-state index contributed by atoms with van der Waals surface area (Å²) in [5.74, 6) is 0.0857. The molecule has 0 N–H and O–H groups in total. The Morgan fingerprint density at radius 1 is 1.27 bits per heavy atom. The van der Waals surface area contributed by atoms with Crippen molar-refractivity contribution in [2.24, 2.45) is 7.05 Å². The Hall–Kier alpha value is -1.90. The number of carbonyl (C=O) groups excluding carboxylic acids is 1. The Morgan fingerprint density at radius 3 is 2.40 bits per heavy atom. The molecule has 3 heteroatoms. The Morgan fingerprint density at radius 2 is 1.93 bits per heavy atom. The molecule has 2 rings (SSSR count). The van der Waals surface area contributed by atoms with Gasteiger partial charge in [-0.1, -0.05) is 24.3 Å². The largest absolute Gasteiger partial charge is 0.340 e. The van der Waals surface area contributed by atoms with Crippen molar-refractivity contribution in [1.82, 2.24) is 9.55 Å². The van der Waals surface area contributed by atoms with Crippen molar-refractivity contribution in [3.05, 3.63) is 42.4 Å². The fourth-order valence-corrected chi connectivity index (χ4v) is 1.44. The van der Waals surface area contributed by atoms with Crippen LogP contribution in [0.4, 0.5) is 0 Å². The summed E-state index contributed by atoms with van der Waals surface area (Å²) in [5, 5.41) is 0. The minimum atomic E-state index is 0.0857. The number of hydrogen-bond acceptors (Lipinski definition) is 2. The molecule has 1 heterocycles. The van der Waals surface area contributed by atoms with Gasteiger partial charge in [0.1, 0.15) is 0 Å². The first-order valence-electron chi connectivity index (χ1n) is 4.76. The molecule has 1 aromatic heterocycles. The number of imidazole rings is 1. The molecule has 2 aromatic rings. The van der Waals surface area contributed by atoms with Gasteiger partial charge in [0.25, 0.3) is 0 Å². The van der Waals surface area contributed by atoms with E-state index >= 15 is 0 Å². The number of nitrogens with zero attached hydrogens (tertiary/aromatic N) is 2. The van der Waals surface area contributed by atoms with Crippen LogP contribution in [0.5, 0.6) is 0 Å². The Balaban J connectivity index is 2.35. The van der Waals surface area contributed by atoms with E-state index in [1.807, 2.05) is 42.1 Å². The normalized spacial score (nSPS) is 10.3. The average Bonchev–Trinajstić information content (AvgIpc) is 2.65. The van der Waals surface area contributed by atoms with E-state index in [-0.39, 0.29) is 5.78 Å². The molecule has 15 heavy (non-hydrogen) atoms. The number of benzene rings is 1. The minimum absolute atomic E-state index is 0.0857. The molecule has 0 fully saturated rings. The molecule has 3 nitrogen and oxygen atoms in total. The summed E-state index contributed by atoms with van der Waals surface area (Å²) < 4.78 is 1.90. The zero-order valence-corrected chi connectivity index (χ0v) is 8.77. The van der Waals surface area contributed by atoms with Gasteiger partial charge in [-0.2, -0.15) is 0 Å². The summed E-state index contributed by atoms with van der Waals surface area (Å²) in [7, 11) is 1.93. The molecule has 0 aliphatic heterocycles. The van der Waals surface area contributed by atoms with Gasteiger partial charge < -0.3 is 4.57 Å². The van der Waals surface area contributed by atoms with Crippen molar-refractivity contribution < 1.29 is 4.79 Å². The Kier molecular flexibility index (Phi) is 2.37. The predicted octanol–water partition coefficient (Wildman–Crippen LogP) is 2.29. The first-order valence-corrected chi connectivity index (χ1v) is 4.76. The first-order chi connectivity index (χ1) is 7.16. The number of aromatic nitrogens is 2. The molecule has 0 amide bonds. The summed E-state index contributed by atoms with van der Waals surface area (Å²) in [5.41, 5.74) is 2.68. The van der Waals surface area contributed by atoms with Crippen molar-refractivity contribution in [2.45, 2.75) is 6.92 Å². The number of carbonyl (C=O) groups is 1. The summed E-state index contributed by atoms with van der Waals surface area (Å²) in [6, 6.07) is 7.48. The fourth-order valence-electron chi connectivity index (χ4n) is 1.44. The van der Waals surface area contributed by atoms with Crippen molar-refractivity contribution in [1.29, 1.82) is 0 Å². The molecular formula is C12H12N2O. The molecule has 1 aromatic carbocycles. The van der Waals surface area contributed by atoms with E-state index < -0.39 is 0 Å². The highest BCUT2D eigenvalue weighted by Gasteiger charge is 2.02. The lowest BCUT2D eigenvalue weighted by Gasteiger charge is -1.98. The molecule has 0 spiro atoms. The van der Waals surface area contributed by atoms with E-state index in [9.17, 15) is 4.79 Å². The molecular weight excluding hydrogens is 188 g/mol. The van der Waals surface area contributed by atoms with Crippen molar-refractivity contribution in [3.63, 3.8) is 0 Å². The van der Waals surface area contributed by atoms with Crippen LogP contribution in [-0.2, 0) is 7.05 Å². The van der Waals surface area contributed by atoms with Crippen LogP contribution in [0.1, 0.15) is 17.3 Å². The third kappa shape index (κ3) is 1.96. The molecule has 0 aliphatic rings. The molecule has 76 valence electrons. The first kappa shape index (κ1) is 9.65. The zero-order chi connectivity index (χ0) is 10.8. The zero-order valence-electron chi connectivity index (χ0n) is 8.77. The second-order valence-corrected chi connectivity index (χ2v) is 3.56. The molecule has 0 atom stereocenters. The maximum atomic E-state index is 11.1. The summed E-state index contributed by atoms with van der Waals surface area (Å²) in [6.07, 6.45) is 3.71. The standard InChI is InChI=1S/C12H12N2O/c1-9(15)10-3-5-11(6-4-10)12-7-14(2)8-13-12/h3-8H,1-2H3. The van der Waals surface area contributed by atoms with E-state index in [1.54, 1.807) is 13.3 Å². The van der Waals surface area contributed by atoms with Crippen molar-refractivity contribution in [3.8, 4) is 11.3 Å². The van der Waals surface area contributed by atoms with Crippen molar-refractivity contribution in [2.75, 3.05) is 0 Å². The molecule has 0 saturated heterocycles. The van der Waals surface area contributed by atoms with Gasteiger partial charge in [0.05, 0.1) is 12.0 Å². The van der Waals surface area contributed by atoms with Crippen molar-refractivity contribution >= 4 is 5.78 Å². The maximum absolute atomic E-state index is 11.1. The summed E-state index contributed by atoms with van der Waals surface area (Å²) in [6.45, 7) is 1.57. The van der Waals surface area contributed by atoms with E-state index in [1.165, 1.54) is 0 Å². The number of ketones is 1. The minimum Gasteiger partial charge on any atom is -0.340 e. The topological polar surface area (TPSA) is 34.9 Å². The number of rotatable bonds is 2. The lowest BCUT2D eigenvalue weighted by atomic mass is 10.1. The highest BCUT2D eigenvalue weighted by atomic mass is 16.1. The monoisotopic (exact) mass is 200 g/mol. The summed E-state index contributed by atoms with van der Waals surface area (Å²) >= 11 is 0. The molecule has 0 radical (unpaired) electrons.